The fourth-order valence-corrected chi connectivity index (χ4v) is 8.47. The third-order valence-corrected chi connectivity index (χ3v) is 11.2. The van der Waals surface area contributed by atoms with E-state index in [2.05, 4.69) is 59.9 Å². The molecule has 4 amide bonds. The Morgan fingerprint density at radius 2 is 1.80 bits per heavy atom. The molecule has 0 aromatic heterocycles. The molecule has 10 nitrogen and oxygen atoms in total. The van der Waals surface area contributed by atoms with E-state index in [9.17, 15) is 19.2 Å². The molecule has 1 saturated heterocycles. The first-order valence-corrected chi connectivity index (χ1v) is 17.7. The van der Waals surface area contributed by atoms with Crippen LogP contribution in [0, 0.1) is 11.8 Å². The van der Waals surface area contributed by atoms with E-state index in [0.717, 1.165) is 69.8 Å². The lowest BCUT2D eigenvalue weighted by Gasteiger charge is -2.33. The van der Waals surface area contributed by atoms with Crippen molar-refractivity contribution in [2.75, 3.05) is 6.54 Å². The molecule has 2 aliphatic carbocycles. The smallest absolute Gasteiger partial charge is 0.410 e. The lowest BCUT2D eigenvalue weighted by atomic mass is 9.94. The summed E-state index contributed by atoms with van der Waals surface area (Å²) < 4.78 is 8.44. The van der Waals surface area contributed by atoms with Crippen LogP contribution in [0.25, 0.3) is 0 Å². The Morgan fingerprint density at radius 1 is 1.07 bits per heavy atom. The van der Waals surface area contributed by atoms with Gasteiger partial charge in [0, 0.05) is 31.5 Å². The summed E-state index contributed by atoms with van der Waals surface area (Å²) in [5, 5.41) is 6.63. The molecule has 3 aliphatic heterocycles. The molecule has 2 saturated carbocycles. The van der Waals surface area contributed by atoms with E-state index >= 15 is 0 Å². The Labute approximate surface area is 278 Å². The summed E-state index contributed by atoms with van der Waals surface area (Å²) in [7, 11) is 0. The van der Waals surface area contributed by atoms with Crippen LogP contribution in [0.5, 0.6) is 0 Å². The van der Waals surface area contributed by atoms with Gasteiger partial charge < -0.3 is 25.0 Å². The third kappa shape index (κ3) is 6.68. The zero-order chi connectivity index (χ0) is 32.4. The number of nitrogens with zero attached hydrogens (tertiary/aromatic N) is 2. The Bertz CT molecular complexity index is 1350. The average molecular weight is 652 g/mol. The molecule has 0 radical (unpaired) electrons. The van der Waals surface area contributed by atoms with Gasteiger partial charge in [-0.1, -0.05) is 69.2 Å². The largest absolute Gasteiger partial charge is 0.444 e. The topological polar surface area (TPSA) is 120 Å². The van der Waals surface area contributed by atoms with Gasteiger partial charge in [0.15, 0.2) is 0 Å². The summed E-state index contributed by atoms with van der Waals surface area (Å²) in [6, 6.07) is 5.17. The molecule has 250 valence electrons. The molecule has 6 rings (SSSR count). The molecule has 1 aromatic carbocycles. The Kier molecular flexibility index (Phi) is 9.99. The maximum Gasteiger partial charge on any atom is 0.410 e. The van der Waals surface area contributed by atoms with E-state index in [0.29, 0.717) is 19.5 Å². The van der Waals surface area contributed by atoms with Gasteiger partial charge in [-0.15, -0.1) is 6.58 Å². The van der Waals surface area contributed by atoms with Gasteiger partial charge in [-0.3, -0.25) is 19.3 Å². The number of carbonyl (C=O) groups excluding carboxylic acids is 4. The van der Waals surface area contributed by atoms with Crippen LogP contribution in [0.1, 0.15) is 94.2 Å². The minimum atomic E-state index is -1.15. The number of benzene rings is 1. The highest BCUT2D eigenvalue weighted by atomic mass is 32.1. The number of thiol groups is 1. The van der Waals surface area contributed by atoms with Crippen LogP contribution in [0.4, 0.5) is 4.79 Å². The highest BCUT2D eigenvalue weighted by molar-refractivity contribution is 7.78. The van der Waals surface area contributed by atoms with Crippen LogP contribution in [0.15, 0.2) is 30.9 Å². The van der Waals surface area contributed by atoms with E-state index in [-0.39, 0.29) is 36.8 Å². The molecule has 6 atom stereocenters. The number of fused-ring (bicyclic) bond motifs is 3. The van der Waals surface area contributed by atoms with Crippen molar-refractivity contribution < 1.29 is 23.9 Å². The van der Waals surface area contributed by atoms with Crippen LogP contribution in [0.2, 0.25) is 0 Å². The monoisotopic (exact) mass is 651 g/mol. The second-order valence-corrected chi connectivity index (χ2v) is 14.4. The second kappa shape index (κ2) is 14.0. The normalized spacial score (nSPS) is 32.3. The summed E-state index contributed by atoms with van der Waals surface area (Å²) >= 11 is 3.95. The van der Waals surface area contributed by atoms with Gasteiger partial charge in [0.1, 0.15) is 17.7 Å². The first-order valence-electron chi connectivity index (χ1n) is 17.2. The molecule has 11 heteroatoms. The van der Waals surface area contributed by atoms with Crippen molar-refractivity contribution >= 4 is 36.6 Å². The van der Waals surface area contributed by atoms with Crippen molar-refractivity contribution in [3.63, 3.8) is 0 Å². The predicted molar refractivity (Wildman–Crippen MR) is 178 cm³/mol. The number of amides is 4. The molecule has 1 unspecified atom stereocenters. The first kappa shape index (κ1) is 32.9. The Balaban J connectivity index is 1.27. The summed E-state index contributed by atoms with van der Waals surface area (Å²) in [4.78, 5) is 58.2. The SMILES string of the molecule is C=C[C@@H]1C[C@]1(NC(=O)[C@@H]1C[C@@H]2CN1C(=O)[C@H](C1CCCC1)NC(C)CCCCCCc1cccc3c1CN(C3)C(=O)O2)C(=O)NS. The fourth-order valence-electron chi connectivity index (χ4n) is 8.27. The summed E-state index contributed by atoms with van der Waals surface area (Å²) in [5.41, 5.74) is 2.51. The van der Waals surface area contributed by atoms with Crippen LogP contribution in [0.3, 0.4) is 0 Å². The van der Waals surface area contributed by atoms with Crippen LogP contribution in [-0.4, -0.2) is 69.9 Å². The standard InChI is InChI=1S/C35H49N5O5S/c1-3-26-18-35(26,33(43)38-46)37-31(41)29-17-27-20-40(29)32(42)30(24-13-8-9-14-24)36-22(2)11-6-4-5-7-12-23-15-10-16-25-19-39(21-28(23)25)34(44)45-27/h3,10,15-16,22,24,26-27,29-30,36,46H,1,4-9,11-14,17-21H2,2H3,(H,37,41)(H,38,43)/t22?,26-,27-,29+,30+,35-/m1/s1. The van der Waals surface area contributed by atoms with E-state index in [4.69, 9.17) is 4.74 Å². The molecule has 3 heterocycles. The maximum absolute atomic E-state index is 14.5. The van der Waals surface area contributed by atoms with Gasteiger partial charge in [-0.25, -0.2) is 4.79 Å². The molecule has 3 N–H and O–H groups in total. The number of rotatable bonds is 5. The van der Waals surface area contributed by atoms with Gasteiger partial charge in [0.25, 0.3) is 5.91 Å². The average Bonchev–Trinajstić information content (AvgIpc) is 3.49. The highest BCUT2D eigenvalue weighted by Crippen LogP contribution is 2.45. The van der Waals surface area contributed by atoms with Crippen LogP contribution < -0.4 is 15.4 Å². The number of hydrogen-bond acceptors (Lipinski definition) is 7. The zero-order valence-electron chi connectivity index (χ0n) is 27.0. The van der Waals surface area contributed by atoms with Gasteiger partial charge in [0.05, 0.1) is 12.6 Å². The van der Waals surface area contributed by atoms with Crippen molar-refractivity contribution in [1.29, 1.82) is 0 Å². The van der Waals surface area contributed by atoms with Crippen molar-refractivity contribution in [3.05, 3.63) is 47.5 Å². The number of nitrogens with one attached hydrogen (secondary N) is 3. The zero-order valence-corrected chi connectivity index (χ0v) is 27.9. The van der Waals surface area contributed by atoms with Gasteiger partial charge in [-0.05, 0) is 68.1 Å². The summed E-state index contributed by atoms with van der Waals surface area (Å²) in [5.74, 6) is -1.01. The number of aryl methyl sites for hydroxylation is 1. The molecule has 3 fully saturated rings. The van der Waals surface area contributed by atoms with E-state index in [1.807, 2.05) is 0 Å². The lowest BCUT2D eigenvalue weighted by Crippen LogP contribution is -2.58. The minimum Gasteiger partial charge on any atom is -0.444 e. The Morgan fingerprint density at radius 3 is 2.54 bits per heavy atom. The number of hydrogen-bond donors (Lipinski definition) is 4. The van der Waals surface area contributed by atoms with Gasteiger partial charge in [-0.2, -0.15) is 0 Å². The molecular weight excluding hydrogens is 602 g/mol. The van der Waals surface area contributed by atoms with E-state index in [1.54, 1.807) is 15.9 Å². The van der Waals surface area contributed by atoms with Crippen molar-refractivity contribution in [2.45, 2.75) is 127 Å². The van der Waals surface area contributed by atoms with Gasteiger partial charge >= 0.3 is 6.09 Å². The lowest BCUT2D eigenvalue weighted by molar-refractivity contribution is -0.142. The van der Waals surface area contributed by atoms with Crippen LogP contribution >= 0.6 is 12.8 Å². The molecule has 5 aliphatic rings. The predicted octanol–water partition coefficient (Wildman–Crippen LogP) is 4.17. The summed E-state index contributed by atoms with van der Waals surface area (Å²) in [6.45, 7) is 7.08. The van der Waals surface area contributed by atoms with Gasteiger partial charge in [0.2, 0.25) is 11.8 Å². The molecule has 4 bridgehead atoms. The highest BCUT2D eigenvalue weighted by Gasteiger charge is 2.60. The van der Waals surface area contributed by atoms with Crippen molar-refractivity contribution in [2.24, 2.45) is 11.8 Å². The van der Waals surface area contributed by atoms with Crippen LogP contribution in [-0.2, 0) is 38.6 Å². The Hall–Kier alpha value is -3.05. The number of carbonyl (C=O) groups is 4. The van der Waals surface area contributed by atoms with E-state index < -0.39 is 41.6 Å². The quantitative estimate of drug-likeness (QED) is 0.280. The molecule has 46 heavy (non-hydrogen) atoms. The first-order chi connectivity index (χ1) is 22.2. The maximum atomic E-state index is 14.5. The van der Waals surface area contributed by atoms with E-state index in [1.165, 1.54) is 11.1 Å². The molecular formula is C35H49N5O5S. The third-order valence-electron chi connectivity index (χ3n) is 11.0. The summed E-state index contributed by atoms with van der Waals surface area (Å²) in [6.07, 6.45) is 11.7. The molecule has 0 spiro atoms. The second-order valence-electron chi connectivity index (χ2n) is 14.1. The fraction of sp³-hybridized carbons (Fsp3) is 0.657. The number of ether oxygens (including phenoxy) is 1. The molecule has 1 aromatic rings. The van der Waals surface area contributed by atoms with Crippen molar-refractivity contribution in [1.82, 2.24) is 25.2 Å². The van der Waals surface area contributed by atoms with Crippen molar-refractivity contribution in [3.8, 4) is 0 Å². The minimum absolute atomic E-state index is 0.127.